The number of carbonyl (C=O) groups excluding carboxylic acids is 2. The molecule has 7 heteroatoms. The number of benzene rings is 2. The molecular weight excluding hydrogens is 388 g/mol. The minimum atomic E-state index is -1.17. The Balaban J connectivity index is 2.02. The largest absolute Gasteiger partial charge is 0.497 e. The van der Waals surface area contributed by atoms with Crippen molar-refractivity contribution in [2.24, 2.45) is 5.92 Å². The maximum absolute atomic E-state index is 13.3. The molecule has 0 aromatic heterocycles. The van der Waals surface area contributed by atoms with Crippen molar-refractivity contribution >= 4 is 11.8 Å². The fourth-order valence-electron chi connectivity index (χ4n) is 3.39. The number of unbranched alkanes of at least 4 members (excludes halogenated alkanes) is 1. The Labute approximate surface area is 175 Å². The number of carbonyl (C=O) groups is 2. The summed E-state index contributed by atoms with van der Waals surface area (Å²) in [6, 6.07) is 10.2. The van der Waals surface area contributed by atoms with Crippen LogP contribution in [-0.4, -0.2) is 39.7 Å². The molecule has 30 heavy (non-hydrogen) atoms. The first kappa shape index (κ1) is 21.5. The first-order valence-corrected chi connectivity index (χ1v) is 9.81. The molecule has 0 spiro atoms. The molecule has 0 unspecified atom stereocenters. The highest BCUT2D eigenvalue weighted by molar-refractivity contribution is 6.11. The molecule has 1 heterocycles. The number of esters is 1. The predicted molar refractivity (Wildman–Crippen MR) is 110 cm³/mol. The van der Waals surface area contributed by atoms with Gasteiger partial charge in [-0.1, -0.05) is 13.3 Å². The highest BCUT2D eigenvalue weighted by Crippen LogP contribution is 2.43. The molecule has 0 fully saturated rings. The van der Waals surface area contributed by atoms with Gasteiger partial charge in [-0.3, -0.25) is 9.59 Å². The lowest BCUT2D eigenvalue weighted by molar-refractivity contribution is -0.147. The fraction of sp³-hybridized carbons (Fsp3) is 0.391. The molecule has 3 rings (SSSR count). The van der Waals surface area contributed by atoms with E-state index in [9.17, 15) is 9.59 Å². The number of rotatable bonds is 8. The molecule has 0 bridgehead atoms. The van der Waals surface area contributed by atoms with E-state index in [-0.39, 0.29) is 5.78 Å². The number of methoxy groups -OCH3 is 3. The van der Waals surface area contributed by atoms with Gasteiger partial charge in [0, 0.05) is 11.6 Å². The van der Waals surface area contributed by atoms with E-state index in [2.05, 4.69) is 6.92 Å². The summed E-state index contributed by atoms with van der Waals surface area (Å²) < 4.78 is 27.4. The lowest BCUT2D eigenvalue weighted by Crippen LogP contribution is -2.38. The van der Waals surface area contributed by atoms with Crippen molar-refractivity contribution < 1.29 is 33.3 Å². The number of hydrogen-bond donors (Lipinski definition) is 0. The van der Waals surface area contributed by atoms with E-state index >= 15 is 0 Å². The lowest BCUT2D eigenvalue weighted by Gasteiger charge is -2.32. The summed E-state index contributed by atoms with van der Waals surface area (Å²) in [6.07, 6.45) is 1.01. The van der Waals surface area contributed by atoms with Crippen LogP contribution in [0.3, 0.4) is 0 Å². The number of fused-ring (bicyclic) bond motifs is 1. The molecule has 0 saturated carbocycles. The molecule has 0 radical (unpaired) electrons. The molecule has 2 aromatic rings. The minimum Gasteiger partial charge on any atom is -0.497 e. The van der Waals surface area contributed by atoms with Crippen molar-refractivity contribution in [3.63, 3.8) is 0 Å². The van der Waals surface area contributed by atoms with Gasteiger partial charge < -0.3 is 23.7 Å². The molecular formula is C23H26O7. The van der Waals surface area contributed by atoms with E-state index in [0.29, 0.717) is 40.7 Å². The van der Waals surface area contributed by atoms with E-state index in [1.807, 2.05) is 0 Å². The van der Waals surface area contributed by atoms with Crippen LogP contribution < -0.4 is 18.9 Å². The Kier molecular flexibility index (Phi) is 6.82. The molecule has 0 aliphatic carbocycles. The van der Waals surface area contributed by atoms with Gasteiger partial charge in [-0.15, -0.1) is 0 Å². The van der Waals surface area contributed by atoms with Crippen LogP contribution in [0.4, 0.5) is 0 Å². The molecule has 7 nitrogen and oxygen atoms in total. The molecule has 2 atom stereocenters. The van der Waals surface area contributed by atoms with E-state index in [0.717, 1.165) is 12.8 Å². The summed E-state index contributed by atoms with van der Waals surface area (Å²) in [7, 11) is 4.30. The molecule has 160 valence electrons. The van der Waals surface area contributed by atoms with E-state index in [1.54, 1.807) is 43.5 Å². The Morgan fingerprint density at radius 2 is 1.80 bits per heavy atom. The third kappa shape index (κ3) is 4.20. The summed E-state index contributed by atoms with van der Waals surface area (Å²) in [5.74, 6) is -0.256. The molecule has 0 amide bonds. The van der Waals surface area contributed by atoms with Crippen LogP contribution in [-0.2, 0) is 9.53 Å². The van der Waals surface area contributed by atoms with Crippen molar-refractivity contribution in [3.8, 4) is 23.0 Å². The van der Waals surface area contributed by atoms with E-state index < -0.39 is 18.0 Å². The zero-order valence-corrected chi connectivity index (χ0v) is 17.6. The Bertz CT molecular complexity index is 922. The van der Waals surface area contributed by atoms with Gasteiger partial charge in [0.25, 0.3) is 0 Å². The third-order valence-corrected chi connectivity index (χ3v) is 5.02. The van der Waals surface area contributed by atoms with Gasteiger partial charge in [0.05, 0.1) is 33.5 Å². The first-order chi connectivity index (χ1) is 14.5. The van der Waals surface area contributed by atoms with Crippen LogP contribution in [0.5, 0.6) is 23.0 Å². The van der Waals surface area contributed by atoms with Crippen molar-refractivity contribution in [2.75, 3.05) is 27.9 Å². The molecule has 1 aliphatic heterocycles. The highest BCUT2D eigenvalue weighted by Gasteiger charge is 2.45. The molecule has 2 aromatic carbocycles. The summed E-state index contributed by atoms with van der Waals surface area (Å²) in [5, 5.41) is 0. The highest BCUT2D eigenvalue weighted by atomic mass is 16.5. The van der Waals surface area contributed by atoms with Crippen molar-refractivity contribution in [3.05, 3.63) is 47.5 Å². The summed E-state index contributed by atoms with van der Waals surface area (Å²) >= 11 is 0. The fourth-order valence-corrected chi connectivity index (χ4v) is 3.39. The van der Waals surface area contributed by atoms with Gasteiger partial charge in [-0.05, 0) is 36.8 Å². The maximum Gasteiger partial charge on any atom is 0.320 e. The van der Waals surface area contributed by atoms with Gasteiger partial charge in [0.2, 0.25) is 0 Å². The van der Waals surface area contributed by atoms with Crippen LogP contribution in [0.15, 0.2) is 36.4 Å². The monoisotopic (exact) mass is 414 g/mol. The topological polar surface area (TPSA) is 80.3 Å². The molecule has 0 saturated heterocycles. The predicted octanol–water partition coefficient (Wildman–Crippen LogP) is 3.99. The average Bonchev–Trinajstić information content (AvgIpc) is 2.78. The van der Waals surface area contributed by atoms with Gasteiger partial charge in [0.1, 0.15) is 29.1 Å². The normalized spacial score (nSPS) is 17.5. The zero-order valence-electron chi connectivity index (χ0n) is 17.6. The van der Waals surface area contributed by atoms with Crippen molar-refractivity contribution in [2.45, 2.75) is 25.9 Å². The van der Waals surface area contributed by atoms with E-state index in [4.69, 9.17) is 23.7 Å². The number of ketones is 1. The smallest absolute Gasteiger partial charge is 0.320 e. The van der Waals surface area contributed by atoms with Crippen LogP contribution in [0, 0.1) is 5.92 Å². The summed E-state index contributed by atoms with van der Waals surface area (Å²) in [6.45, 7) is 2.62. The van der Waals surface area contributed by atoms with Crippen LogP contribution in [0.1, 0.15) is 41.8 Å². The SMILES string of the molecule is CCCCOc1ccc2c(c1)C(=O)[C@H](C(=O)OC)[C@@H](c1ccc(OC)cc1OC)O2. The number of Topliss-reactive ketones (excluding diaryl/α,β-unsaturated/α-hetero) is 1. The minimum absolute atomic E-state index is 0.295. The average molecular weight is 414 g/mol. The summed E-state index contributed by atoms with van der Waals surface area (Å²) in [5.41, 5.74) is 0.846. The number of hydrogen-bond acceptors (Lipinski definition) is 7. The lowest BCUT2D eigenvalue weighted by atomic mass is 9.85. The second-order valence-corrected chi connectivity index (χ2v) is 6.87. The van der Waals surface area contributed by atoms with Gasteiger partial charge in [-0.25, -0.2) is 0 Å². The molecule has 0 N–H and O–H groups in total. The quantitative estimate of drug-likeness (QED) is 0.367. The van der Waals surface area contributed by atoms with Crippen LogP contribution in [0.25, 0.3) is 0 Å². The van der Waals surface area contributed by atoms with Crippen molar-refractivity contribution in [1.29, 1.82) is 0 Å². The first-order valence-electron chi connectivity index (χ1n) is 9.81. The standard InChI is InChI=1S/C23H26O7/c1-5-6-11-29-15-8-10-18-17(12-15)21(24)20(23(25)28-4)22(30-18)16-9-7-14(26-2)13-19(16)27-3/h7-10,12-13,20,22H,5-6,11H2,1-4H3/t20-,22+/m0/s1. The van der Waals surface area contributed by atoms with Crippen LogP contribution >= 0.6 is 0 Å². The van der Waals surface area contributed by atoms with Crippen LogP contribution in [0.2, 0.25) is 0 Å². The maximum atomic E-state index is 13.3. The van der Waals surface area contributed by atoms with Gasteiger partial charge in [-0.2, -0.15) is 0 Å². The summed E-state index contributed by atoms with van der Waals surface area (Å²) in [4.78, 5) is 25.9. The zero-order chi connectivity index (χ0) is 21.7. The third-order valence-electron chi connectivity index (χ3n) is 5.02. The molecule has 1 aliphatic rings. The Morgan fingerprint density at radius 3 is 2.47 bits per heavy atom. The Hall–Kier alpha value is -3.22. The second kappa shape index (κ2) is 9.52. The van der Waals surface area contributed by atoms with Gasteiger partial charge >= 0.3 is 5.97 Å². The number of ether oxygens (including phenoxy) is 5. The second-order valence-electron chi connectivity index (χ2n) is 6.87. The van der Waals surface area contributed by atoms with E-state index in [1.165, 1.54) is 14.2 Å². The van der Waals surface area contributed by atoms with Gasteiger partial charge in [0.15, 0.2) is 11.7 Å². The Morgan fingerprint density at radius 1 is 1.03 bits per heavy atom. The van der Waals surface area contributed by atoms with Crippen molar-refractivity contribution in [1.82, 2.24) is 0 Å².